The molecule has 0 aromatic carbocycles. The number of hydrogen-bond donors (Lipinski definition) is 3. The average Bonchev–Trinajstić information content (AvgIpc) is 2.20. The molecule has 1 amide bonds. The molecule has 0 radical (unpaired) electrons. The van der Waals surface area contributed by atoms with Crippen LogP contribution in [0.5, 0.6) is 0 Å². The van der Waals surface area contributed by atoms with Crippen molar-refractivity contribution in [2.45, 2.75) is 12.1 Å². The molecule has 2 fully saturated rings. The number of rotatable bonds is 1. The summed E-state index contributed by atoms with van der Waals surface area (Å²) in [6.07, 6.45) is 0. The van der Waals surface area contributed by atoms with Crippen molar-refractivity contribution in [3.8, 4) is 0 Å². The molecule has 2 atom stereocenters. The quantitative estimate of drug-likeness (QED) is 0.498. The van der Waals surface area contributed by atoms with E-state index in [0.29, 0.717) is 18.6 Å². The number of amides is 1. The highest BCUT2D eigenvalue weighted by Gasteiger charge is 2.26. The van der Waals surface area contributed by atoms with Gasteiger partial charge in [0.05, 0.1) is 6.54 Å². The Balaban J connectivity index is 1.82. The van der Waals surface area contributed by atoms with Crippen LogP contribution in [0.3, 0.4) is 0 Å². The first-order chi connectivity index (χ1) is 6.36. The fourth-order valence-electron chi connectivity index (χ4n) is 1.71. The van der Waals surface area contributed by atoms with E-state index in [0.717, 1.165) is 18.8 Å². The SMILES string of the molecule is O=C1CNC(C2CSCCN2)CN1. The third-order valence-electron chi connectivity index (χ3n) is 2.48. The molecule has 0 aromatic rings. The van der Waals surface area contributed by atoms with E-state index >= 15 is 0 Å². The lowest BCUT2D eigenvalue weighted by molar-refractivity contribution is -0.121. The van der Waals surface area contributed by atoms with Gasteiger partial charge in [0, 0.05) is 36.7 Å². The fourth-order valence-corrected chi connectivity index (χ4v) is 2.74. The fraction of sp³-hybridized carbons (Fsp3) is 0.875. The Bertz CT molecular complexity index is 184. The molecule has 74 valence electrons. The molecule has 0 aliphatic carbocycles. The molecule has 0 bridgehead atoms. The van der Waals surface area contributed by atoms with Gasteiger partial charge in [-0.15, -0.1) is 0 Å². The summed E-state index contributed by atoms with van der Waals surface area (Å²) in [5, 5.41) is 9.60. The molecule has 2 rings (SSSR count). The smallest absolute Gasteiger partial charge is 0.234 e. The summed E-state index contributed by atoms with van der Waals surface area (Å²) < 4.78 is 0. The minimum Gasteiger partial charge on any atom is -0.353 e. The van der Waals surface area contributed by atoms with Crippen molar-refractivity contribution < 1.29 is 4.79 Å². The van der Waals surface area contributed by atoms with Crippen LogP contribution < -0.4 is 16.0 Å². The minimum absolute atomic E-state index is 0.111. The van der Waals surface area contributed by atoms with E-state index in [-0.39, 0.29) is 5.91 Å². The van der Waals surface area contributed by atoms with Crippen molar-refractivity contribution in [2.75, 3.05) is 31.1 Å². The number of thioether (sulfide) groups is 1. The third-order valence-corrected chi connectivity index (χ3v) is 3.57. The first kappa shape index (κ1) is 9.30. The normalized spacial score (nSPS) is 35.5. The predicted octanol–water partition coefficient (Wildman–Crippen LogP) is -1.22. The van der Waals surface area contributed by atoms with Crippen LogP contribution in [0.4, 0.5) is 0 Å². The van der Waals surface area contributed by atoms with Crippen molar-refractivity contribution in [3.63, 3.8) is 0 Å². The van der Waals surface area contributed by atoms with Crippen LogP contribution in [0.2, 0.25) is 0 Å². The van der Waals surface area contributed by atoms with Crippen LogP contribution in [0.1, 0.15) is 0 Å². The second-order valence-corrected chi connectivity index (χ2v) is 4.58. The Morgan fingerprint density at radius 1 is 1.31 bits per heavy atom. The predicted molar refractivity (Wildman–Crippen MR) is 53.9 cm³/mol. The van der Waals surface area contributed by atoms with E-state index in [2.05, 4.69) is 16.0 Å². The van der Waals surface area contributed by atoms with E-state index < -0.39 is 0 Å². The molecule has 2 saturated heterocycles. The van der Waals surface area contributed by atoms with Gasteiger partial charge in [-0.25, -0.2) is 0 Å². The van der Waals surface area contributed by atoms with Crippen molar-refractivity contribution in [1.82, 2.24) is 16.0 Å². The third kappa shape index (κ3) is 2.36. The van der Waals surface area contributed by atoms with Crippen LogP contribution in [-0.2, 0) is 4.79 Å². The molecule has 2 unspecified atom stereocenters. The van der Waals surface area contributed by atoms with E-state index in [1.54, 1.807) is 0 Å². The summed E-state index contributed by atoms with van der Waals surface area (Å²) >= 11 is 1.98. The lowest BCUT2D eigenvalue weighted by Crippen LogP contribution is -2.61. The molecular formula is C8H15N3OS. The standard InChI is InChI=1S/C8H15N3OS/c12-8-4-10-6(3-11-8)7-5-13-2-1-9-7/h6-7,9-10H,1-5H2,(H,11,12). The summed E-state index contributed by atoms with van der Waals surface area (Å²) in [5.41, 5.74) is 0. The molecule has 0 aromatic heterocycles. The van der Waals surface area contributed by atoms with Gasteiger partial charge in [-0.1, -0.05) is 0 Å². The average molecular weight is 201 g/mol. The van der Waals surface area contributed by atoms with E-state index in [9.17, 15) is 4.79 Å². The van der Waals surface area contributed by atoms with Crippen LogP contribution >= 0.6 is 11.8 Å². The van der Waals surface area contributed by atoms with E-state index in [1.165, 1.54) is 5.75 Å². The lowest BCUT2D eigenvalue weighted by atomic mass is 10.1. The van der Waals surface area contributed by atoms with Crippen molar-refractivity contribution >= 4 is 17.7 Å². The molecule has 4 nitrogen and oxygen atoms in total. The Kier molecular flexibility index (Phi) is 3.08. The van der Waals surface area contributed by atoms with E-state index in [4.69, 9.17) is 0 Å². The largest absolute Gasteiger partial charge is 0.353 e. The van der Waals surface area contributed by atoms with Crippen molar-refractivity contribution in [2.24, 2.45) is 0 Å². The molecule has 13 heavy (non-hydrogen) atoms. The molecule has 3 N–H and O–H groups in total. The molecular weight excluding hydrogens is 186 g/mol. The maximum atomic E-state index is 10.9. The maximum Gasteiger partial charge on any atom is 0.234 e. The van der Waals surface area contributed by atoms with Crippen LogP contribution in [0.25, 0.3) is 0 Å². The highest BCUT2D eigenvalue weighted by Crippen LogP contribution is 2.10. The van der Waals surface area contributed by atoms with Gasteiger partial charge in [0.25, 0.3) is 0 Å². The zero-order valence-electron chi connectivity index (χ0n) is 7.51. The van der Waals surface area contributed by atoms with Gasteiger partial charge >= 0.3 is 0 Å². The van der Waals surface area contributed by atoms with Gasteiger partial charge in [-0.05, 0) is 0 Å². The highest BCUT2D eigenvalue weighted by molar-refractivity contribution is 7.99. The van der Waals surface area contributed by atoms with Gasteiger partial charge in [0.15, 0.2) is 0 Å². The van der Waals surface area contributed by atoms with Gasteiger partial charge in [-0.3, -0.25) is 4.79 Å². The van der Waals surface area contributed by atoms with Crippen molar-refractivity contribution in [1.29, 1.82) is 0 Å². The lowest BCUT2D eigenvalue weighted by Gasteiger charge is -2.34. The minimum atomic E-state index is 0.111. The second-order valence-electron chi connectivity index (χ2n) is 3.43. The Morgan fingerprint density at radius 3 is 2.85 bits per heavy atom. The van der Waals surface area contributed by atoms with Gasteiger partial charge in [-0.2, -0.15) is 11.8 Å². The number of nitrogens with one attached hydrogen (secondary N) is 3. The van der Waals surface area contributed by atoms with E-state index in [1.807, 2.05) is 11.8 Å². The van der Waals surface area contributed by atoms with Crippen molar-refractivity contribution in [3.05, 3.63) is 0 Å². The summed E-state index contributed by atoms with van der Waals surface area (Å²) in [4.78, 5) is 10.9. The molecule has 0 spiro atoms. The second kappa shape index (κ2) is 4.30. The number of hydrogen-bond acceptors (Lipinski definition) is 4. The topological polar surface area (TPSA) is 53.2 Å². The zero-order chi connectivity index (χ0) is 9.10. The Morgan fingerprint density at radius 2 is 2.23 bits per heavy atom. The molecule has 2 aliphatic rings. The zero-order valence-corrected chi connectivity index (χ0v) is 8.32. The Hall–Kier alpha value is -0.260. The number of carbonyl (C=O) groups is 1. The summed E-state index contributed by atoms with van der Waals surface area (Å²) in [6, 6.07) is 0.921. The van der Waals surface area contributed by atoms with Crippen LogP contribution in [0.15, 0.2) is 0 Å². The molecule has 0 saturated carbocycles. The van der Waals surface area contributed by atoms with Crippen LogP contribution in [-0.4, -0.2) is 49.1 Å². The first-order valence-corrected chi connectivity index (χ1v) is 5.83. The molecule has 2 heterocycles. The first-order valence-electron chi connectivity index (χ1n) is 4.67. The Labute approximate surface area is 82.2 Å². The summed E-state index contributed by atoms with van der Waals surface area (Å²) in [6.45, 7) is 2.31. The number of carbonyl (C=O) groups excluding carboxylic acids is 1. The monoisotopic (exact) mass is 201 g/mol. The summed E-state index contributed by atoms with van der Waals surface area (Å²) in [5.74, 6) is 2.46. The number of piperazine rings is 1. The maximum absolute atomic E-state index is 10.9. The highest BCUT2D eigenvalue weighted by atomic mass is 32.2. The molecule has 2 aliphatic heterocycles. The van der Waals surface area contributed by atoms with Gasteiger partial charge in [0.1, 0.15) is 0 Å². The molecule has 5 heteroatoms. The summed E-state index contributed by atoms with van der Waals surface area (Å²) in [7, 11) is 0. The van der Waals surface area contributed by atoms with Gasteiger partial charge < -0.3 is 16.0 Å². The van der Waals surface area contributed by atoms with Crippen LogP contribution in [0, 0.1) is 0 Å². The van der Waals surface area contributed by atoms with Gasteiger partial charge in [0.2, 0.25) is 5.91 Å².